The molecule has 2 unspecified atom stereocenters. The van der Waals surface area contributed by atoms with Crippen molar-refractivity contribution in [3.63, 3.8) is 0 Å². The van der Waals surface area contributed by atoms with E-state index in [9.17, 15) is 4.39 Å². The highest BCUT2D eigenvalue weighted by atomic mass is 19.1. The first-order valence-electron chi connectivity index (χ1n) is 6.05. The summed E-state index contributed by atoms with van der Waals surface area (Å²) in [6.07, 6.45) is 1.38. The van der Waals surface area contributed by atoms with Gasteiger partial charge in [0.2, 0.25) is 0 Å². The summed E-state index contributed by atoms with van der Waals surface area (Å²) < 4.78 is 19.8. The van der Waals surface area contributed by atoms with E-state index in [0.717, 1.165) is 0 Å². The molecule has 0 aromatic carbocycles. The minimum atomic E-state index is -1.41. The summed E-state index contributed by atoms with van der Waals surface area (Å²) in [4.78, 5) is 2.19. The van der Waals surface area contributed by atoms with Crippen LogP contribution in [-0.2, 0) is 4.74 Å². The molecule has 3 heteroatoms. The fourth-order valence-corrected chi connectivity index (χ4v) is 2.18. The first kappa shape index (κ1) is 13.7. The van der Waals surface area contributed by atoms with Gasteiger partial charge in [0.15, 0.2) is 5.67 Å². The SMILES string of the molecule is C=CC1(F)COCC(C(C)C)N(C(C)C)C1. The molecule has 1 aliphatic heterocycles. The number of halogens is 1. The van der Waals surface area contributed by atoms with Crippen molar-refractivity contribution in [2.75, 3.05) is 19.8 Å². The Morgan fingerprint density at radius 3 is 2.50 bits per heavy atom. The molecule has 0 aromatic heterocycles. The minimum Gasteiger partial charge on any atom is -0.376 e. The Morgan fingerprint density at radius 1 is 1.44 bits per heavy atom. The fourth-order valence-electron chi connectivity index (χ4n) is 2.18. The number of nitrogens with zero attached hydrogens (tertiary/aromatic N) is 1. The molecule has 0 amide bonds. The van der Waals surface area contributed by atoms with Crippen molar-refractivity contribution in [3.05, 3.63) is 12.7 Å². The summed E-state index contributed by atoms with van der Waals surface area (Å²) in [6, 6.07) is 0.613. The molecular weight excluding hydrogens is 205 g/mol. The Bertz CT molecular complexity index is 242. The Morgan fingerprint density at radius 2 is 2.06 bits per heavy atom. The van der Waals surface area contributed by atoms with Crippen molar-refractivity contribution in [2.24, 2.45) is 5.92 Å². The van der Waals surface area contributed by atoms with E-state index in [0.29, 0.717) is 25.1 Å². The van der Waals surface area contributed by atoms with E-state index in [-0.39, 0.29) is 12.6 Å². The average Bonchev–Trinajstić information content (AvgIpc) is 2.38. The van der Waals surface area contributed by atoms with Crippen LogP contribution in [0.15, 0.2) is 12.7 Å². The van der Waals surface area contributed by atoms with Gasteiger partial charge in [-0.25, -0.2) is 4.39 Å². The van der Waals surface area contributed by atoms with Gasteiger partial charge >= 0.3 is 0 Å². The molecule has 1 heterocycles. The molecule has 0 aromatic rings. The maximum atomic E-state index is 14.3. The fraction of sp³-hybridized carbons (Fsp3) is 0.846. The standard InChI is InChI=1S/C13H24FNO/c1-6-13(14)8-15(11(4)5)12(10(2)3)7-16-9-13/h6,10-12H,1,7-9H2,2-5H3. The summed E-state index contributed by atoms with van der Waals surface area (Å²) in [5, 5.41) is 0. The molecule has 1 fully saturated rings. The first-order valence-corrected chi connectivity index (χ1v) is 6.05. The molecule has 0 radical (unpaired) electrons. The normalized spacial score (nSPS) is 33.1. The van der Waals surface area contributed by atoms with Crippen LogP contribution in [0.1, 0.15) is 27.7 Å². The van der Waals surface area contributed by atoms with Crippen LogP contribution in [0.5, 0.6) is 0 Å². The molecule has 1 rings (SSSR count). The summed E-state index contributed by atoms with van der Waals surface area (Å²) in [6.45, 7) is 13.2. The largest absolute Gasteiger partial charge is 0.376 e. The van der Waals surface area contributed by atoms with Gasteiger partial charge in [0.25, 0.3) is 0 Å². The number of ether oxygens (including phenoxy) is 1. The van der Waals surface area contributed by atoms with Crippen LogP contribution < -0.4 is 0 Å². The molecule has 0 saturated carbocycles. The summed E-state index contributed by atoms with van der Waals surface area (Å²) in [7, 11) is 0. The quantitative estimate of drug-likeness (QED) is 0.690. The third kappa shape index (κ3) is 3.05. The molecule has 0 N–H and O–H groups in total. The van der Waals surface area contributed by atoms with E-state index in [2.05, 4.69) is 39.2 Å². The van der Waals surface area contributed by atoms with Gasteiger partial charge in [0.05, 0.1) is 13.2 Å². The topological polar surface area (TPSA) is 12.5 Å². The highest BCUT2D eigenvalue weighted by molar-refractivity contribution is 5.02. The Balaban J connectivity index is 2.87. The van der Waals surface area contributed by atoms with Crippen LogP contribution >= 0.6 is 0 Å². The molecule has 94 valence electrons. The van der Waals surface area contributed by atoms with Crippen molar-refractivity contribution in [2.45, 2.75) is 45.4 Å². The van der Waals surface area contributed by atoms with Crippen LogP contribution in [0.3, 0.4) is 0 Å². The molecular formula is C13H24FNO. The zero-order valence-electron chi connectivity index (χ0n) is 10.9. The molecule has 0 aliphatic carbocycles. The third-order valence-corrected chi connectivity index (χ3v) is 3.30. The minimum absolute atomic E-state index is 0.128. The highest BCUT2D eigenvalue weighted by Gasteiger charge is 2.37. The second-order valence-corrected chi connectivity index (χ2v) is 5.33. The van der Waals surface area contributed by atoms with E-state index in [1.165, 1.54) is 6.08 Å². The molecule has 0 bridgehead atoms. The molecule has 0 spiro atoms. The van der Waals surface area contributed by atoms with E-state index >= 15 is 0 Å². The van der Waals surface area contributed by atoms with Crippen LogP contribution in [0.4, 0.5) is 4.39 Å². The van der Waals surface area contributed by atoms with E-state index < -0.39 is 5.67 Å². The highest BCUT2D eigenvalue weighted by Crippen LogP contribution is 2.25. The number of hydrogen-bond donors (Lipinski definition) is 0. The molecule has 16 heavy (non-hydrogen) atoms. The summed E-state index contributed by atoms with van der Waals surface area (Å²) in [5.41, 5.74) is -1.41. The van der Waals surface area contributed by atoms with Crippen molar-refractivity contribution in [3.8, 4) is 0 Å². The number of rotatable bonds is 3. The maximum Gasteiger partial charge on any atom is 0.164 e. The smallest absolute Gasteiger partial charge is 0.164 e. The lowest BCUT2D eigenvalue weighted by Gasteiger charge is -2.37. The van der Waals surface area contributed by atoms with Crippen molar-refractivity contribution in [1.82, 2.24) is 4.90 Å². The van der Waals surface area contributed by atoms with Gasteiger partial charge in [-0.1, -0.05) is 26.5 Å². The van der Waals surface area contributed by atoms with Gasteiger partial charge in [-0.2, -0.15) is 0 Å². The molecule has 1 aliphatic rings. The van der Waals surface area contributed by atoms with E-state index in [1.54, 1.807) is 0 Å². The third-order valence-electron chi connectivity index (χ3n) is 3.30. The van der Waals surface area contributed by atoms with Crippen LogP contribution in [0.25, 0.3) is 0 Å². The zero-order valence-corrected chi connectivity index (χ0v) is 10.9. The number of alkyl halides is 1. The van der Waals surface area contributed by atoms with Crippen molar-refractivity contribution in [1.29, 1.82) is 0 Å². The average molecular weight is 229 g/mol. The van der Waals surface area contributed by atoms with Gasteiger partial charge < -0.3 is 4.74 Å². The van der Waals surface area contributed by atoms with Gasteiger partial charge in [-0.05, 0) is 19.8 Å². The van der Waals surface area contributed by atoms with E-state index in [1.807, 2.05) is 0 Å². The Hall–Kier alpha value is -0.410. The predicted molar refractivity (Wildman–Crippen MR) is 65.3 cm³/mol. The van der Waals surface area contributed by atoms with Gasteiger partial charge in [0.1, 0.15) is 0 Å². The lowest BCUT2D eigenvalue weighted by Crippen LogP contribution is -2.49. The lowest BCUT2D eigenvalue weighted by atomic mass is 9.99. The predicted octanol–water partition coefficient (Wildman–Crippen LogP) is 2.65. The van der Waals surface area contributed by atoms with E-state index in [4.69, 9.17) is 4.74 Å². The Kier molecular flexibility index (Phi) is 4.51. The van der Waals surface area contributed by atoms with Gasteiger partial charge in [0, 0.05) is 18.6 Å². The zero-order chi connectivity index (χ0) is 12.3. The van der Waals surface area contributed by atoms with Crippen LogP contribution in [0, 0.1) is 5.92 Å². The van der Waals surface area contributed by atoms with Crippen molar-refractivity contribution < 1.29 is 9.13 Å². The summed E-state index contributed by atoms with van der Waals surface area (Å²) in [5.74, 6) is 0.467. The van der Waals surface area contributed by atoms with Crippen molar-refractivity contribution >= 4 is 0 Å². The molecule has 2 nitrogen and oxygen atoms in total. The second kappa shape index (κ2) is 5.28. The maximum absolute atomic E-state index is 14.3. The first-order chi connectivity index (χ1) is 7.39. The monoisotopic (exact) mass is 229 g/mol. The van der Waals surface area contributed by atoms with Gasteiger partial charge in [-0.15, -0.1) is 0 Å². The summed E-state index contributed by atoms with van der Waals surface area (Å²) >= 11 is 0. The Labute approximate surface area is 98.5 Å². The molecule has 2 atom stereocenters. The van der Waals surface area contributed by atoms with Crippen LogP contribution in [-0.4, -0.2) is 42.4 Å². The second-order valence-electron chi connectivity index (χ2n) is 5.33. The molecule has 1 saturated heterocycles. The lowest BCUT2D eigenvalue weighted by molar-refractivity contribution is 0.0552. The van der Waals surface area contributed by atoms with Gasteiger partial charge in [-0.3, -0.25) is 4.90 Å². The number of hydrogen-bond acceptors (Lipinski definition) is 2. The van der Waals surface area contributed by atoms with Crippen LogP contribution in [0.2, 0.25) is 0 Å².